The minimum absolute atomic E-state index is 0.000779. The Bertz CT molecular complexity index is 317. The van der Waals surface area contributed by atoms with Crippen LogP contribution in [0.3, 0.4) is 0 Å². The van der Waals surface area contributed by atoms with Crippen LogP contribution < -0.4 is 5.32 Å². The largest absolute Gasteiger partial charge is 0.377 e. The number of nitrogens with zero attached hydrogens (tertiary/aromatic N) is 1. The Morgan fingerprint density at radius 3 is 2.15 bits per heavy atom. The van der Waals surface area contributed by atoms with Crippen LogP contribution in [0.25, 0.3) is 0 Å². The smallest absolute Gasteiger partial charge is 0.224 e. The van der Waals surface area contributed by atoms with Crippen LogP contribution in [0.5, 0.6) is 0 Å². The van der Waals surface area contributed by atoms with Crippen molar-refractivity contribution in [1.29, 1.82) is 0 Å². The van der Waals surface area contributed by atoms with Gasteiger partial charge in [0.05, 0.1) is 0 Å². The normalized spacial score (nSPS) is 29.6. The summed E-state index contributed by atoms with van der Waals surface area (Å²) >= 11 is 0. The van der Waals surface area contributed by atoms with Gasteiger partial charge in [-0.3, -0.25) is 4.79 Å². The highest BCUT2D eigenvalue weighted by Gasteiger charge is 2.39. The summed E-state index contributed by atoms with van der Waals surface area (Å²) in [7, 11) is 5.35. The number of likely N-dealkylation sites (tertiary alicyclic amines) is 1. The number of carbonyl (C=O) groups excluding carboxylic acids is 1. The molecule has 2 fully saturated rings. The number of hydrogen-bond acceptors (Lipinski definition) is 4. The molecule has 1 N–H and O–H groups in total. The number of ether oxygens (including phenoxy) is 2. The number of carbonyl (C=O) groups is 1. The Labute approximate surface area is 122 Å². The Morgan fingerprint density at radius 2 is 1.70 bits per heavy atom. The second-order valence-electron chi connectivity index (χ2n) is 6.11. The number of methoxy groups -OCH3 is 2. The number of hydrogen-bond donors (Lipinski definition) is 1. The van der Waals surface area contributed by atoms with Gasteiger partial charge >= 0.3 is 0 Å². The van der Waals surface area contributed by atoms with Crippen molar-refractivity contribution >= 4 is 5.91 Å². The molecule has 1 heterocycles. The molecule has 2 atom stereocenters. The lowest BCUT2D eigenvalue weighted by Crippen LogP contribution is -2.48. The van der Waals surface area contributed by atoms with Gasteiger partial charge in [0.25, 0.3) is 0 Å². The van der Waals surface area contributed by atoms with Gasteiger partial charge in [-0.2, -0.15) is 0 Å². The molecule has 1 aliphatic heterocycles. The Morgan fingerprint density at radius 1 is 1.15 bits per heavy atom. The monoisotopic (exact) mass is 284 g/mol. The fourth-order valence-corrected chi connectivity index (χ4v) is 3.55. The summed E-state index contributed by atoms with van der Waals surface area (Å²) in [5, 5.41) is 3.41. The summed E-state index contributed by atoms with van der Waals surface area (Å²) in [5.41, 5.74) is 0.00304. The second kappa shape index (κ2) is 6.87. The average Bonchev–Trinajstić information content (AvgIpc) is 2.91. The summed E-state index contributed by atoms with van der Waals surface area (Å²) in [5.74, 6) is 0.225. The van der Waals surface area contributed by atoms with E-state index in [4.69, 9.17) is 9.47 Å². The quantitative estimate of drug-likeness (QED) is 0.823. The third-order valence-corrected chi connectivity index (χ3v) is 5.00. The maximum absolute atomic E-state index is 12.6. The first kappa shape index (κ1) is 15.7. The van der Waals surface area contributed by atoms with E-state index < -0.39 is 0 Å². The van der Waals surface area contributed by atoms with Gasteiger partial charge in [-0.05, 0) is 19.9 Å². The van der Waals surface area contributed by atoms with E-state index in [1.807, 2.05) is 11.9 Å². The zero-order valence-electron chi connectivity index (χ0n) is 13.0. The Balaban J connectivity index is 1.94. The van der Waals surface area contributed by atoms with Crippen molar-refractivity contribution in [3.63, 3.8) is 0 Å². The molecule has 1 amide bonds. The van der Waals surface area contributed by atoms with Crippen molar-refractivity contribution in [2.75, 3.05) is 34.4 Å². The molecule has 0 spiro atoms. The fraction of sp³-hybridized carbons (Fsp3) is 0.933. The Hall–Kier alpha value is -0.650. The van der Waals surface area contributed by atoms with Crippen molar-refractivity contribution in [2.24, 2.45) is 0 Å². The SMILES string of the molecule is CNC1(CC(=O)N2CC(OC)C(OC)C2)CCCCC1. The molecule has 2 rings (SSSR count). The van der Waals surface area contributed by atoms with Crippen LogP contribution in [-0.2, 0) is 14.3 Å². The maximum Gasteiger partial charge on any atom is 0.224 e. The van der Waals surface area contributed by atoms with Crippen molar-refractivity contribution in [3.8, 4) is 0 Å². The second-order valence-corrected chi connectivity index (χ2v) is 6.11. The lowest BCUT2D eigenvalue weighted by atomic mass is 9.79. The molecule has 5 heteroatoms. The van der Waals surface area contributed by atoms with Crippen LogP contribution >= 0.6 is 0 Å². The summed E-state index contributed by atoms with van der Waals surface area (Å²) in [4.78, 5) is 14.5. The first-order valence-electron chi connectivity index (χ1n) is 7.66. The van der Waals surface area contributed by atoms with Crippen LogP contribution in [0.15, 0.2) is 0 Å². The molecule has 2 aliphatic rings. The highest BCUT2D eigenvalue weighted by Crippen LogP contribution is 2.32. The van der Waals surface area contributed by atoms with E-state index >= 15 is 0 Å². The topological polar surface area (TPSA) is 50.8 Å². The van der Waals surface area contributed by atoms with Gasteiger partial charge in [0.2, 0.25) is 5.91 Å². The van der Waals surface area contributed by atoms with Gasteiger partial charge in [0, 0.05) is 39.3 Å². The van der Waals surface area contributed by atoms with E-state index in [1.54, 1.807) is 14.2 Å². The Kier molecular flexibility index (Phi) is 5.41. The van der Waals surface area contributed by atoms with Crippen molar-refractivity contribution < 1.29 is 14.3 Å². The molecule has 1 saturated heterocycles. The van der Waals surface area contributed by atoms with Gasteiger partial charge in [0.1, 0.15) is 12.2 Å². The molecule has 0 bridgehead atoms. The van der Waals surface area contributed by atoms with Crippen LogP contribution in [-0.4, -0.2) is 62.9 Å². The minimum Gasteiger partial charge on any atom is -0.377 e. The van der Waals surface area contributed by atoms with Gasteiger partial charge in [-0.25, -0.2) is 0 Å². The molecule has 116 valence electrons. The molecule has 1 aliphatic carbocycles. The zero-order valence-corrected chi connectivity index (χ0v) is 13.0. The van der Waals surface area contributed by atoms with E-state index in [0.717, 1.165) is 12.8 Å². The van der Waals surface area contributed by atoms with Crippen molar-refractivity contribution in [1.82, 2.24) is 10.2 Å². The summed E-state index contributed by atoms with van der Waals surface area (Å²) < 4.78 is 10.8. The predicted molar refractivity (Wildman–Crippen MR) is 77.7 cm³/mol. The van der Waals surface area contributed by atoms with Gasteiger partial charge in [-0.1, -0.05) is 19.3 Å². The average molecular weight is 284 g/mol. The predicted octanol–water partition coefficient (Wildman–Crippen LogP) is 1.17. The fourth-order valence-electron chi connectivity index (χ4n) is 3.55. The number of amides is 1. The van der Waals surface area contributed by atoms with Crippen LogP contribution in [0.1, 0.15) is 38.5 Å². The van der Waals surface area contributed by atoms with Gasteiger partial charge < -0.3 is 19.7 Å². The lowest BCUT2D eigenvalue weighted by Gasteiger charge is -2.37. The molecule has 0 radical (unpaired) electrons. The third kappa shape index (κ3) is 3.32. The zero-order chi connectivity index (χ0) is 14.6. The van der Waals surface area contributed by atoms with Crippen LogP contribution in [0.2, 0.25) is 0 Å². The molecule has 0 aromatic heterocycles. The number of nitrogens with one attached hydrogen (secondary N) is 1. The standard InChI is InChI=1S/C15H28N2O3/c1-16-15(7-5-4-6-8-15)9-14(18)17-10-12(19-2)13(11-17)20-3/h12-13,16H,4-11H2,1-3H3. The molecule has 0 aromatic carbocycles. The lowest BCUT2D eigenvalue weighted by molar-refractivity contribution is -0.132. The highest BCUT2D eigenvalue weighted by atomic mass is 16.5. The third-order valence-electron chi connectivity index (χ3n) is 5.00. The van der Waals surface area contributed by atoms with E-state index in [2.05, 4.69) is 5.32 Å². The molecule has 0 aromatic rings. The molecular formula is C15H28N2O3. The van der Waals surface area contributed by atoms with Gasteiger partial charge in [0.15, 0.2) is 0 Å². The van der Waals surface area contributed by atoms with Crippen molar-refractivity contribution in [2.45, 2.75) is 56.3 Å². The molecular weight excluding hydrogens is 256 g/mol. The summed E-state index contributed by atoms with van der Waals surface area (Å²) in [6.45, 7) is 1.29. The number of rotatable bonds is 5. The summed E-state index contributed by atoms with van der Waals surface area (Å²) in [6.07, 6.45) is 6.52. The van der Waals surface area contributed by atoms with Gasteiger partial charge in [-0.15, -0.1) is 0 Å². The first-order valence-corrected chi connectivity index (χ1v) is 7.66. The van der Waals surface area contributed by atoms with E-state index in [0.29, 0.717) is 19.5 Å². The molecule has 5 nitrogen and oxygen atoms in total. The highest BCUT2D eigenvalue weighted by molar-refractivity contribution is 5.78. The molecule has 1 saturated carbocycles. The maximum atomic E-state index is 12.6. The summed E-state index contributed by atoms with van der Waals surface area (Å²) in [6, 6.07) is 0. The van der Waals surface area contributed by atoms with Crippen LogP contribution in [0, 0.1) is 0 Å². The van der Waals surface area contributed by atoms with Crippen molar-refractivity contribution in [3.05, 3.63) is 0 Å². The van der Waals surface area contributed by atoms with E-state index in [1.165, 1.54) is 19.3 Å². The van der Waals surface area contributed by atoms with Crippen LogP contribution in [0.4, 0.5) is 0 Å². The van der Waals surface area contributed by atoms with E-state index in [9.17, 15) is 4.79 Å². The van der Waals surface area contributed by atoms with E-state index in [-0.39, 0.29) is 23.7 Å². The minimum atomic E-state index is 0.000779. The molecule has 20 heavy (non-hydrogen) atoms. The molecule has 2 unspecified atom stereocenters. The first-order chi connectivity index (χ1) is 9.64.